The van der Waals surface area contributed by atoms with E-state index in [9.17, 15) is 13.2 Å². The summed E-state index contributed by atoms with van der Waals surface area (Å²) in [7, 11) is 0.663. The number of rotatable bonds is 6. The van der Waals surface area contributed by atoms with Crippen molar-refractivity contribution >= 4 is 16.0 Å². The molecule has 150 valence electrons. The van der Waals surface area contributed by atoms with Gasteiger partial charge in [-0.25, -0.2) is 13.2 Å². The minimum Gasteiger partial charge on any atom is -0.497 e. The van der Waals surface area contributed by atoms with Crippen LogP contribution in [0, 0.1) is 0 Å². The molecule has 0 aromatic heterocycles. The molecule has 1 aliphatic heterocycles. The lowest BCUT2D eigenvalue weighted by Crippen LogP contribution is -2.31. The first-order valence-electron chi connectivity index (χ1n) is 8.84. The maximum atomic E-state index is 13.3. The van der Waals surface area contributed by atoms with Gasteiger partial charge in [0.1, 0.15) is 11.5 Å². The maximum Gasteiger partial charge on any atom is 0.337 e. The minimum atomic E-state index is -3.74. The summed E-state index contributed by atoms with van der Waals surface area (Å²) < 4.78 is 43.4. The first-order chi connectivity index (χ1) is 13.4. The average Bonchev–Trinajstić information content (AvgIpc) is 3.23. The lowest BCUT2D eigenvalue weighted by molar-refractivity contribution is 0.0600. The summed E-state index contributed by atoms with van der Waals surface area (Å²) in [4.78, 5) is 11.7. The van der Waals surface area contributed by atoms with Gasteiger partial charge in [-0.1, -0.05) is 0 Å². The van der Waals surface area contributed by atoms with E-state index in [1.807, 2.05) is 6.07 Å². The second-order valence-electron chi connectivity index (χ2n) is 6.40. The highest BCUT2D eigenvalue weighted by molar-refractivity contribution is 7.89. The van der Waals surface area contributed by atoms with Crippen molar-refractivity contribution in [3.05, 3.63) is 53.6 Å². The van der Waals surface area contributed by atoms with Gasteiger partial charge in [-0.2, -0.15) is 4.31 Å². The highest BCUT2D eigenvalue weighted by Gasteiger charge is 2.37. The van der Waals surface area contributed by atoms with Gasteiger partial charge in [0.25, 0.3) is 0 Å². The topological polar surface area (TPSA) is 82.1 Å². The van der Waals surface area contributed by atoms with E-state index in [-0.39, 0.29) is 10.9 Å². The van der Waals surface area contributed by atoms with Crippen LogP contribution >= 0.6 is 0 Å². The van der Waals surface area contributed by atoms with Crippen LogP contribution in [-0.4, -0.2) is 46.6 Å². The Morgan fingerprint density at radius 2 is 1.75 bits per heavy atom. The molecular weight excluding hydrogens is 382 g/mol. The number of hydrogen-bond donors (Lipinski definition) is 0. The Hall–Kier alpha value is -2.58. The second kappa shape index (κ2) is 8.20. The Kier molecular flexibility index (Phi) is 5.90. The second-order valence-corrected chi connectivity index (χ2v) is 8.29. The van der Waals surface area contributed by atoms with Gasteiger partial charge in [0.2, 0.25) is 10.0 Å². The monoisotopic (exact) mass is 405 g/mol. The third kappa shape index (κ3) is 3.70. The third-order valence-electron chi connectivity index (χ3n) is 4.88. The van der Waals surface area contributed by atoms with Crippen LogP contribution in [0.5, 0.6) is 11.5 Å². The lowest BCUT2D eigenvalue weighted by atomic mass is 10.0. The first kappa shape index (κ1) is 20.2. The first-order valence-corrected chi connectivity index (χ1v) is 10.3. The zero-order chi connectivity index (χ0) is 20.3. The molecule has 0 amide bonds. The molecule has 28 heavy (non-hydrogen) atoms. The Labute approximate surface area is 164 Å². The molecule has 0 aliphatic carbocycles. The molecule has 1 atom stereocenters. The van der Waals surface area contributed by atoms with Crippen LogP contribution < -0.4 is 9.47 Å². The normalized spacial score (nSPS) is 17.3. The van der Waals surface area contributed by atoms with Crippen molar-refractivity contribution in [2.75, 3.05) is 27.9 Å². The van der Waals surface area contributed by atoms with Crippen LogP contribution in [0.4, 0.5) is 0 Å². The SMILES string of the molecule is COC(=O)c1ccc(S(=O)(=O)N2CCCC2c2cc(OC)ccc2OC)cc1. The number of benzene rings is 2. The summed E-state index contributed by atoms with van der Waals surface area (Å²) >= 11 is 0. The number of carbonyl (C=O) groups excluding carboxylic acids is 1. The molecule has 8 heteroatoms. The van der Waals surface area contributed by atoms with Crippen LogP contribution in [-0.2, 0) is 14.8 Å². The summed E-state index contributed by atoms with van der Waals surface area (Å²) in [6, 6.07) is 10.8. The molecule has 0 saturated carbocycles. The number of hydrogen-bond acceptors (Lipinski definition) is 6. The fourth-order valence-corrected chi connectivity index (χ4v) is 5.13. The van der Waals surface area contributed by atoms with E-state index < -0.39 is 16.0 Å². The Bertz CT molecular complexity index is 955. The summed E-state index contributed by atoms with van der Waals surface area (Å²) in [5.41, 5.74) is 1.07. The van der Waals surface area contributed by atoms with Gasteiger partial charge < -0.3 is 14.2 Å². The zero-order valence-corrected chi connectivity index (χ0v) is 16.9. The van der Waals surface area contributed by atoms with Crippen molar-refractivity contribution in [1.82, 2.24) is 4.31 Å². The van der Waals surface area contributed by atoms with Crippen molar-refractivity contribution in [3.63, 3.8) is 0 Å². The Morgan fingerprint density at radius 3 is 2.36 bits per heavy atom. The van der Waals surface area contributed by atoms with Gasteiger partial charge in [0.05, 0.1) is 37.8 Å². The van der Waals surface area contributed by atoms with Crippen LogP contribution in [0.15, 0.2) is 47.4 Å². The Morgan fingerprint density at radius 1 is 1.04 bits per heavy atom. The molecule has 2 aromatic carbocycles. The summed E-state index contributed by atoms with van der Waals surface area (Å²) in [6.07, 6.45) is 1.42. The predicted octanol–water partition coefficient (Wildman–Crippen LogP) is 3.02. The van der Waals surface area contributed by atoms with E-state index in [4.69, 9.17) is 9.47 Å². The van der Waals surface area contributed by atoms with Gasteiger partial charge in [-0.05, 0) is 55.3 Å². The minimum absolute atomic E-state index is 0.133. The smallest absolute Gasteiger partial charge is 0.337 e. The summed E-state index contributed by atoms with van der Waals surface area (Å²) in [5.74, 6) is 0.750. The van der Waals surface area contributed by atoms with Crippen LogP contribution in [0.2, 0.25) is 0 Å². The maximum absolute atomic E-state index is 13.3. The van der Waals surface area contributed by atoms with Gasteiger partial charge in [0.15, 0.2) is 0 Å². The standard InChI is InChI=1S/C20H23NO6S/c1-25-15-8-11-19(26-2)17(13-15)18-5-4-12-21(18)28(23,24)16-9-6-14(7-10-16)20(22)27-3/h6-11,13,18H,4-5,12H2,1-3H3. The van der Waals surface area contributed by atoms with Gasteiger partial charge in [-0.3, -0.25) is 0 Å². The van der Waals surface area contributed by atoms with Crippen LogP contribution in [0.25, 0.3) is 0 Å². The molecule has 0 spiro atoms. The summed E-state index contributed by atoms with van der Waals surface area (Å²) in [5, 5.41) is 0. The van der Waals surface area contributed by atoms with Crippen molar-refractivity contribution < 1.29 is 27.4 Å². The number of sulfonamides is 1. The molecular formula is C20H23NO6S. The quantitative estimate of drug-likeness (QED) is 0.687. The molecule has 1 fully saturated rings. The number of esters is 1. The average molecular weight is 405 g/mol. The molecule has 1 unspecified atom stereocenters. The van der Waals surface area contributed by atoms with Gasteiger partial charge in [-0.15, -0.1) is 0 Å². The van der Waals surface area contributed by atoms with Gasteiger partial charge in [0, 0.05) is 12.1 Å². The molecule has 1 aliphatic rings. The molecule has 7 nitrogen and oxygen atoms in total. The number of methoxy groups -OCH3 is 3. The van der Waals surface area contributed by atoms with Crippen molar-refractivity contribution in [2.45, 2.75) is 23.8 Å². The molecule has 0 radical (unpaired) electrons. The lowest BCUT2D eigenvalue weighted by Gasteiger charge is -2.26. The van der Waals surface area contributed by atoms with Crippen molar-refractivity contribution in [2.24, 2.45) is 0 Å². The molecule has 0 N–H and O–H groups in total. The molecule has 2 aromatic rings. The van der Waals surface area contributed by atoms with E-state index >= 15 is 0 Å². The van der Waals surface area contributed by atoms with Crippen molar-refractivity contribution in [1.29, 1.82) is 0 Å². The van der Waals surface area contributed by atoms with E-state index in [1.165, 1.54) is 35.7 Å². The molecule has 3 rings (SSSR count). The number of carbonyl (C=O) groups is 1. The molecule has 0 bridgehead atoms. The van der Waals surface area contributed by atoms with Crippen molar-refractivity contribution in [3.8, 4) is 11.5 Å². The van der Waals surface area contributed by atoms with Crippen LogP contribution in [0.1, 0.15) is 34.8 Å². The highest BCUT2D eigenvalue weighted by atomic mass is 32.2. The van der Waals surface area contributed by atoms with E-state index in [0.717, 1.165) is 12.0 Å². The largest absolute Gasteiger partial charge is 0.497 e. The summed E-state index contributed by atoms with van der Waals surface area (Å²) in [6.45, 7) is 0.409. The highest BCUT2D eigenvalue weighted by Crippen LogP contribution is 2.41. The fraction of sp³-hybridized carbons (Fsp3) is 0.350. The third-order valence-corrected chi connectivity index (χ3v) is 6.80. The number of ether oxygens (including phenoxy) is 3. The fourth-order valence-electron chi connectivity index (χ4n) is 3.45. The van der Waals surface area contributed by atoms with E-state index in [2.05, 4.69) is 4.74 Å². The van der Waals surface area contributed by atoms with E-state index in [1.54, 1.807) is 26.4 Å². The predicted molar refractivity (Wildman–Crippen MR) is 103 cm³/mol. The van der Waals surface area contributed by atoms with E-state index in [0.29, 0.717) is 30.0 Å². The zero-order valence-electron chi connectivity index (χ0n) is 16.0. The molecule has 1 heterocycles. The number of nitrogens with zero attached hydrogens (tertiary/aromatic N) is 1. The Balaban J connectivity index is 1.97. The van der Waals surface area contributed by atoms with Crippen LogP contribution in [0.3, 0.4) is 0 Å². The molecule has 1 saturated heterocycles. The van der Waals surface area contributed by atoms with Gasteiger partial charge >= 0.3 is 5.97 Å².